The van der Waals surface area contributed by atoms with Gasteiger partial charge >= 0.3 is 36.6 Å². The molecule has 0 fully saturated rings. The summed E-state index contributed by atoms with van der Waals surface area (Å²) in [4.78, 5) is 98.0. The summed E-state index contributed by atoms with van der Waals surface area (Å²) in [5, 5.41) is 37.8. The molecule has 24 nitrogen and oxygen atoms in total. The molecule has 39 heteroatoms. The van der Waals surface area contributed by atoms with Crippen LogP contribution in [0, 0.1) is 42.0 Å². The van der Waals surface area contributed by atoms with Crippen LogP contribution in [0.5, 0.6) is 46.0 Å². The second kappa shape index (κ2) is 50.8. The van der Waals surface area contributed by atoms with E-state index in [0.29, 0.717) is 67.2 Å². The Kier molecular flexibility index (Phi) is 38.8. The van der Waals surface area contributed by atoms with Crippen molar-refractivity contribution >= 4 is 242 Å². The Bertz CT molecular complexity index is 7020. The molecule has 5 N–H and O–H groups in total. The number of thiophene rings is 4. The van der Waals surface area contributed by atoms with Crippen LogP contribution in [0.3, 0.4) is 0 Å². The van der Waals surface area contributed by atoms with E-state index in [1.54, 1.807) is 121 Å². The Labute approximate surface area is 827 Å². The van der Waals surface area contributed by atoms with Crippen molar-refractivity contribution in [3.8, 4) is 56.6 Å². The van der Waals surface area contributed by atoms with Crippen LogP contribution in [-0.2, 0) is 65.6 Å². The summed E-state index contributed by atoms with van der Waals surface area (Å²) in [6.07, 6.45) is 9.32. The number of fused-ring (bicyclic) bond motifs is 4. The number of aliphatic carboxylic acids is 1. The van der Waals surface area contributed by atoms with Crippen molar-refractivity contribution in [2.24, 2.45) is 0 Å². The maximum absolute atomic E-state index is 14.9. The number of Topliss-reactive ketones (excluding diaryl/α,β-unsaturated/α-hetero) is 5. The van der Waals surface area contributed by atoms with Gasteiger partial charge in [0.1, 0.15) is 63.2 Å². The second-order valence-corrected chi connectivity index (χ2v) is 39.7. The van der Waals surface area contributed by atoms with E-state index in [1.807, 2.05) is 115 Å². The van der Waals surface area contributed by atoms with Crippen molar-refractivity contribution in [3.05, 3.63) is 360 Å². The summed E-state index contributed by atoms with van der Waals surface area (Å²) in [5.41, 5.74) is 12.8. The third kappa shape index (κ3) is 31.4. The number of carbonyl (C=O) groups excluding carboxylic acids is 5. The Morgan fingerprint density at radius 3 is 1.10 bits per heavy atom. The number of carboxylic acid groups (broad SMARTS) is 1. The van der Waals surface area contributed by atoms with Crippen molar-refractivity contribution in [1.29, 1.82) is 0 Å². The third-order valence-corrected chi connectivity index (χ3v) is 25.8. The van der Waals surface area contributed by atoms with Crippen molar-refractivity contribution < 1.29 is 99.9 Å². The number of carbonyl (C=O) groups is 6. The quantitative estimate of drug-likeness (QED) is 0.00317. The van der Waals surface area contributed by atoms with E-state index >= 15 is 0 Å². The van der Waals surface area contributed by atoms with Gasteiger partial charge in [0.25, 0.3) is 16.0 Å². The molecule has 17 aromatic rings. The molecule has 0 saturated carbocycles. The molecule has 10 aromatic heterocycles. The van der Waals surface area contributed by atoms with Gasteiger partial charge in [-0.05, 0) is 174 Å². The average molecular weight is 2310 g/mol. The molecule has 0 saturated heterocycles. The number of nitrogens with two attached hydrogens (primary N) is 1. The SMILES string of the molecule is Nc1ccc(Oc2ccnc3cc(I)sc23)c(F)c1.O=BPCl.O=C(CC(=O)Cc1ccc(Oc2ccnc3cc(-c4cccc[n+]4O)sc23)c(F)c1)Cc1ccccc1.O=C(CC(=O)Cc1ccc(Oc2ccnc3cc(I)sc23)c(F)c1)Cc1ccccc1.O=C(O)CC(=O)Cc1ccccc1.O=[N+]([O-])c1ccc(Oc2ccnc3cc(I)sc23)c(F)c1.O[n+]1ccccc1Br. The van der Waals surface area contributed by atoms with Gasteiger partial charge in [-0.2, -0.15) is 0 Å². The molecule has 1 atom stereocenters. The van der Waals surface area contributed by atoms with E-state index < -0.39 is 40.6 Å². The standard InChI is InChI=1S/C29H22FN2O4S.C24H17FINO3S.C13H6FIN2O3S.C13H8FIN2OS.C10H10O3.C5H5BrNO.BClHOP/c30-23-16-20(15-22(34)17-21(33)14-19-6-2-1-3-7-19)9-10-26(23)36-27-11-12-31-24-18-28(37-29(24)27)25-8-4-5-13-32(25)35;25-19-12-16(11-18(29)13-17(28)10-15-4-2-1-3-5-15)6-7-21(19)30-22-8-9-27-20-14-23(26)31-24(20)22;14-8-5-7(17(18)19)1-2-10(8)20-11-3-4-16-9-6-12(15)21-13(9)11;14-8-5-7(16)1-2-10(8)18-11-3-4-17-9-6-12(15)19-13(9)11;11-9(7-10(12)13)6-8-4-2-1-3-5-8;6-5-3-1-2-4-7(5)8;2-4-1-3/h1-13,16,18,35H,14-15,17H2;1-9,12,14H,10-11,13H2;1-6H;1-6H,16H2;1-5H,6-7H2,(H,12,13);1-4,8H;4H/q+1;;;;;+1;. The number of nitro benzene ring substituents is 1. The van der Waals surface area contributed by atoms with E-state index in [2.05, 4.69) is 104 Å². The van der Waals surface area contributed by atoms with Crippen LogP contribution in [-0.4, -0.2) is 82.1 Å². The minimum Gasteiger partial charge on any atom is -0.481 e. The smallest absolute Gasteiger partial charge is 0.310 e. The first-order valence-corrected chi connectivity index (χ1v) is 48.5. The number of halogens is 9. The van der Waals surface area contributed by atoms with E-state index in [1.165, 1.54) is 88.7 Å². The van der Waals surface area contributed by atoms with E-state index in [-0.39, 0.29) is 110 Å². The summed E-state index contributed by atoms with van der Waals surface area (Å²) in [6.45, 7) is 0.668. The Balaban J connectivity index is 0.000000160. The topological polar surface area (TPSA) is 346 Å². The van der Waals surface area contributed by atoms with Gasteiger partial charge in [-0.25, -0.2) is 17.6 Å². The Morgan fingerprint density at radius 1 is 0.429 bits per heavy atom. The molecule has 0 radical (unpaired) electrons. The number of pyridine rings is 6. The maximum Gasteiger partial charge on any atom is 0.310 e. The van der Waals surface area contributed by atoms with Crippen molar-refractivity contribution in [2.45, 2.75) is 51.4 Å². The number of nitro groups is 1. The zero-order chi connectivity index (χ0) is 95.0. The third-order valence-electron chi connectivity index (χ3n) is 18.0. The monoisotopic (exact) mass is 2310 g/mol. The molecule has 133 heavy (non-hydrogen) atoms. The van der Waals surface area contributed by atoms with Gasteiger partial charge in [0.2, 0.25) is 12.4 Å². The summed E-state index contributed by atoms with van der Waals surface area (Å²) < 4.78 is 98.1. The van der Waals surface area contributed by atoms with Crippen molar-refractivity contribution in [1.82, 2.24) is 19.9 Å². The van der Waals surface area contributed by atoms with E-state index in [0.717, 1.165) is 76.4 Å². The molecule has 674 valence electrons. The number of anilines is 1. The first kappa shape index (κ1) is 102. The van der Waals surface area contributed by atoms with Gasteiger partial charge < -0.3 is 29.8 Å². The molecule has 10 heterocycles. The van der Waals surface area contributed by atoms with E-state index in [9.17, 15) is 61.7 Å². The molecule has 0 aliphatic heterocycles. The summed E-state index contributed by atoms with van der Waals surface area (Å²) in [6, 6.07) is 69.1. The van der Waals surface area contributed by atoms with Crippen LogP contribution >= 0.6 is 148 Å². The van der Waals surface area contributed by atoms with Gasteiger partial charge in [0, 0.05) is 149 Å². The first-order chi connectivity index (χ1) is 64.0. The van der Waals surface area contributed by atoms with Crippen LogP contribution in [0.4, 0.5) is 28.9 Å². The molecular weight excluding hydrogens is 2240 g/mol. The maximum atomic E-state index is 14.9. The predicted molar refractivity (Wildman–Crippen MR) is 533 cm³/mol. The molecular formula is C94H69BBrClF4I3N8O16PS4+2. The van der Waals surface area contributed by atoms with Gasteiger partial charge in [-0.15, -0.1) is 45.3 Å². The number of non-ortho nitro benzene ring substituents is 1. The average Bonchev–Trinajstić information content (AvgIpc) is 1.62. The van der Waals surface area contributed by atoms with Crippen LogP contribution in [0.25, 0.3) is 51.4 Å². The molecule has 0 aliphatic carbocycles. The normalized spacial score (nSPS) is 10.6. The van der Waals surface area contributed by atoms with Gasteiger partial charge in [0.15, 0.2) is 46.3 Å². The fraction of sp³-hybridized carbons (Fsp3) is 0.0851. The van der Waals surface area contributed by atoms with Crippen LogP contribution < -0.4 is 34.1 Å². The number of rotatable bonds is 27. The van der Waals surface area contributed by atoms with Gasteiger partial charge in [0.05, 0.1) is 73.3 Å². The molecule has 0 spiro atoms. The molecule has 0 amide bonds. The summed E-state index contributed by atoms with van der Waals surface area (Å²) >= 11 is 20.5. The number of carboxylic acids is 1. The Morgan fingerprint density at radius 2 is 0.759 bits per heavy atom. The van der Waals surface area contributed by atoms with Crippen molar-refractivity contribution in [2.75, 3.05) is 5.73 Å². The molecule has 17 rings (SSSR count). The summed E-state index contributed by atoms with van der Waals surface area (Å²) in [5.74, 6) is -2.36. The number of aromatic nitrogens is 6. The molecule has 7 aromatic carbocycles. The number of hydrogen-bond acceptors (Lipinski definition) is 24. The predicted octanol–water partition coefficient (Wildman–Crippen LogP) is 24.1. The number of ether oxygens (including phenoxy) is 4. The van der Waals surface area contributed by atoms with Crippen LogP contribution in [0.1, 0.15) is 47.1 Å². The zero-order valence-electron chi connectivity index (χ0n) is 68.8. The van der Waals surface area contributed by atoms with Gasteiger partial charge in [-0.1, -0.05) is 103 Å². The van der Waals surface area contributed by atoms with Crippen LogP contribution in [0.15, 0.2) is 291 Å². The number of hydrogen-bond donors (Lipinski definition) is 4. The van der Waals surface area contributed by atoms with Gasteiger partial charge in [-0.3, -0.25) is 69.2 Å². The van der Waals surface area contributed by atoms with Crippen LogP contribution in [0.2, 0.25) is 0 Å². The first-order valence-electron chi connectivity index (χ1n) is 39.1. The Hall–Kier alpha value is -11.9. The fourth-order valence-electron chi connectivity index (χ4n) is 12.1. The minimum absolute atomic E-state index is 0.000349. The number of benzene rings is 7. The van der Waals surface area contributed by atoms with Crippen molar-refractivity contribution in [3.63, 3.8) is 0 Å². The number of ketones is 5. The second-order valence-electron chi connectivity index (χ2n) is 27.8. The largest absolute Gasteiger partial charge is 0.481 e. The summed E-state index contributed by atoms with van der Waals surface area (Å²) in [7, 11) is -0.0679. The minimum atomic E-state index is -1.07. The number of nitrogen functional groups attached to an aromatic ring is 1. The zero-order valence-corrected chi connectivity index (χ0v) is 81.8. The molecule has 0 aliphatic rings. The fourth-order valence-corrected chi connectivity index (χ4v) is 18.7. The molecule has 1 unspecified atom stereocenters. The number of nitrogens with zero attached hydrogens (tertiary/aromatic N) is 7. The molecule has 0 bridgehead atoms. The van der Waals surface area contributed by atoms with E-state index in [4.69, 9.17) is 50.9 Å².